The molecule has 1 saturated heterocycles. The van der Waals surface area contributed by atoms with E-state index in [-0.39, 0.29) is 11.9 Å². The summed E-state index contributed by atoms with van der Waals surface area (Å²) in [7, 11) is 1.45. The number of benzene rings is 2. The molecule has 0 radical (unpaired) electrons. The minimum absolute atomic E-state index is 0.000675. The first-order valence-electron chi connectivity index (χ1n) is 9.61. The third-order valence-electron chi connectivity index (χ3n) is 5.66. The lowest BCUT2D eigenvalue weighted by Crippen LogP contribution is -2.41. The molecule has 0 amide bonds. The van der Waals surface area contributed by atoms with E-state index in [4.69, 9.17) is 4.74 Å². The number of β-amino-alcohol motifs (C(OH)–C–C–N with tert-alkyl or cyclic N) is 1. The van der Waals surface area contributed by atoms with Crippen molar-refractivity contribution >= 4 is 27.8 Å². The van der Waals surface area contributed by atoms with Crippen LogP contribution in [-0.2, 0) is 16.1 Å². The fourth-order valence-corrected chi connectivity index (χ4v) is 4.28. The van der Waals surface area contributed by atoms with E-state index >= 15 is 0 Å². The van der Waals surface area contributed by atoms with Crippen molar-refractivity contribution in [2.24, 2.45) is 5.92 Å². The summed E-state index contributed by atoms with van der Waals surface area (Å²) >= 11 is 0. The number of aromatic nitrogens is 1. The quantitative estimate of drug-likeness (QED) is 0.705. The molecule has 1 N–H and O–H groups in total. The Bertz CT molecular complexity index is 888. The van der Waals surface area contributed by atoms with Crippen molar-refractivity contribution < 1.29 is 14.6 Å². The number of para-hydroxylation sites is 2. The van der Waals surface area contributed by atoms with Crippen LogP contribution in [0.1, 0.15) is 12.8 Å². The number of piperidine rings is 1. The summed E-state index contributed by atoms with van der Waals surface area (Å²) in [6, 6.07) is 16.7. The molecule has 142 valence electrons. The largest absolute Gasteiger partial charge is 0.469 e. The number of esters is 1. The highest BCUT2D eigenvalue weighted by Crippen LogP contribution is 2.29. The lowest BCUT2D eigenvalue weighted by molar-refractivity contribution is -0.147. The van der Waals surface area contributed by atoms with Gasteiger partial charge in [-0.3, -0.25) is 4.79 Å². The maximum absolute atomic E-state index is 11.7. The zero-order valence-electron chi connectivity index (χ0n) is 15.7. The lowest BCUT2D eigenvalue weighted by atomic mass is 9.97. The normalized spacial score (nSPS) is 17.4. The maximum Gasteiger partial charge on any atom is 0.308 e. The SMILES string of the molecule is COC(=O)C1CCN(CC(O)Cn2c3ccccc3c3ccccc32)CC1. The molecular weight excluding hydrogens is 340 g/mol. The summed E-state index contributed by atoms with van der Waals surface area (Å²) in [4.78, 5) is 13.9. The van der Waals surface area contributed by atoms with Crippen molar-refractivity contribution in [2.45, 2.75) is 25.5 Å². The summed E-state index contributed by atoms with van der Waals surface area (Å²) in [6.45, 7) is 2.83. The van der Waals surface area contributed by atoms with Crippen molar-refractivity contribution in [3.05, 3.63) is 48.5 Å². The number of rotatable bonds is 5. The monoisotopic (exact) mass is 366 g/mol. The number of fused-ring (bicyclic) bond motifs is 3. The summed E-state index contributed by atoms with van der Waals surface area (Å²) in [5, 5.41) is 13.2. The van der Waals surface area contributed by atoms with Gasteiger partial charge in [0.1, 0.15) is 0 Å². The van der Waals surface area contributed by atoms with E-state index in [0.717, 1.165) is 37.0 Å². The Hall–Kier alpha value is -2.37. The molecule has 0 saturated carbocycles. The van der Waals surface area contributed by atoms with Gasteiger partial charge in [-0.2, -0.15) is 0 Å². The van der Waals surface area contributed by atoms with E-state index in [1.807, 2.05) is 12.1 Å². The first-order valence-corrected chi connectivity index (χ1v) is 9.61. The van der Waals surface area contributed by atoms with Crippen molar-refractivity contribution in [1.29, 1.82) is 0 Å². The molecule has 2 heterocycles. The number of hydrogen-bond acceptors (Lipinski definition) is 4. The molecule has 2 aromatic carbocycles. The predicted octanol–water partition coefficient (Wildman–Crippen LogP) is 3.04. The maximum atomic E-state index is 11.7. The fraction of sp³-hybridized carbons (Fsp3) is 0.409. The Morgan fingerprint density at radius 2 is 1.59 bits per heavy atom. The summed E-state index contributed by atoms with van der Waals surface area (Å²) in [5.74, 6) is -0.110. The van der Waals surface area contributed by atoms with Crippen LogP contribution in [0, 0.1) is 5.92 Å². The van der Waals surface area contributed by atoms with Gasteiger partial charge in [-0.1, -0.05) is 36.4 Å². The standard InChI is InChI=1S/C22H26N2O3/c1-27-22(26)16-10-12-23(13-11-16)14-17(25)15-24-20-8-4-2-6-18(20)19-7-3-5-9-21(19)24/h2-9,16-17,25H,10-15H2,1H3. The highest BCUT2D eigenvalue weighted by molar-refractivity contribution is 6.07. The van der Waals surface area contributed by atoms with Crippen molar-refractivity contribution in [3.8, 4) is 0 Å². The van der Waals surface area contributed by atoms with Gasteiger partial charge in [0.25, 0.3) is 0 Å². The number of hydrogen-bond donors (Lipinski definition) is 1. The van der Waals surface area contributed by atoms with E-state index in [0.29, 0.717) is 13.1 Å². The molecule has 0 aliphatic carbocycles. The molecule has 3 aromatic rings. The van der Waals surface area contributed by atoms with Gasteiger partial charge in [0.2, 0.25) is 0 Å². The Balaban J connectivity index is 1.47. The van der Waals surface area contributed by atoms with Gasteiger partial charge < -0.3 is 19.3 Å². The molecule has 5 nitrogen and oxygen atoms in total. The van der Waals surface area contributed by atoms with Gasteiger partial charge in [0, 0.05) is 28.4 Å². The van der Waals surface area contributed by atoms with Crippen LogP contribution < -0.4 is 0 Å². The molecule has 5 heteroatoms. The van der Waals surface area contributed by atoms with E-state index in [9.17, 15) is 9.90 Å². The number of carbonyl (C=O) groups is 1. The average molecular weight is 366 g/mol. The summed E-state index contributed by atoms with van der Waals surface area (Å²) in [5.41, 5.74) is 2.31. The van der Waals surface area contributed by atoms with E-state index < -0.39 is 6.10 Å². The molecule has 1 aliphatic rings. The molecule has 1 aromatic heterocycles. The summed E-state index contributed by atoms with van der Waals surface area (Å²) < 4.78 is 7.07. The second kappa shape index (κ2) is 7.71. The third kappa shape index (κ3) is 3.57. The van der Waals surface area contributed by atoms with Crippen LogP contribution in [0.2, 0.25) is 0 Å². The van der Waals surface area contributed by atoms with Crippen LogP contribution >= 0.6 is 0 Å². The van der Waals surface area contributed by atoms with Gasteiger partial charge in [-0.05, 0) is 38.1 Å². The molecule has 4 rings (SSSR count). The van der Waals surface area contributed by atoms with Crippen molar-refractivity contribution in [3.63, 3.8) is 0 Å². The zero-order valence-corrected chi connectivity index (χ0v) is 15.7. The number of aliphatic hydroxyl groups is 1. The number of nitrogens with zero attached hydrogens (tertiary/aromatic N) is 2. The van der Waals surface area contributed by atoms with Crippen LogP contribution in [0.5, 0.6) is 0 Å². The molecule has 0 spiro atoms. The lowest BCUT2D eigenvalue weighted by Gasteiger charge is -2.32. The first kappa shape index (κ1) is 18.0. The highest BCUT2D eigenvalue weighted by atomic mass is 16.5. The number of likely N-dealkylation sites (tertiary alicyclic amines) is 1. The van der Waals surface area contributed by atoms with Crippen LogP contribution in [-0.4, -0.2) is 53.4 Å². The number of methoxy groups -OCH3 is 1. The number of ether oxygens (including phenoxy) is 1. The van der Waals surface area contributed by atoms with Gasteiger partial charge in [-0.15, -0.1) is 0 Å². The van der Waals surface area contributed by atoms with E-state index in [1.165, 1.54) is 17.9 Å². The van der Waals surface area contributed by atoms with E-state index in [1.54, 1.807) is 0 Å². The Morgan fingerprint density at radius 1 is 1.04 bits per heavy atom. The Morgan fingerprint density at radius 3 is 2.15 bits per heavy atom. The zero-order chi connectivity index (χ0) is 18.8. The van der Waals surface area contributed by atoms with Gasteiger partial charge in [-0.25, -0.2) is 0 Å². The third-order valence-corrected chi connectivity index (χ3v) is 5.66. The molecule has 1 unspecified atom stereocenters. The van der Waals surface area contributed by atoms with Crippen LogP contribution in [0.25, 0.3) is 21.8 Å². The Labute approximate surface area is 159 Å². The van der Waals surface area contributed by atoms with Gasteiger partial charge in [0.15, 0.2) is 0 Å². The van der Waals surface area contributed by atoms with Crippen molar-refractivity contribution in [2.75, 3.05) is 26.7 Å². The minimum atomic E-state index is -0.459. The van der Waals surface area contributed by atoms with Crippen LogP contribution in [0.4, 0.5) is 0 Å². The van der Waals surface area contributed by atoms with Gasteiger partial charge in [0.05, 0.1) is 25.7 Å². The van der Waals surface area contributed by atoms with Crippen molar-refractivity contribution in [1.82, 2.24) is 9.47 Å². The molecule has 1 aliphatic heterocycles. The average Bonchev–Trinajstić information content (AvgIpc) is 3.02. The minimum Gasteiger partial charge on any atom is -0.469 e. The second-order valence-electron chi connectivity index (χ2n) is 7.40. The molecule has 27 heavy (non-hydrogen) atoms. The smallest absolute Gasteiger partial charge is 0.308 e. The fourth-order valence-electron chi connectivity index (χ4n) is 4.28. The van der Waals surface area contributed by atoms with Gasteiger partial charge >= 0.3 is 5.97 Å². The number of carbonyl (C=O) groups excluding carboxylic acids is 1. The second-order valence-corrected chi connectivity index (χ2v) is 7.40. The molecule has 1 atom stereocenters. The van der Waals surface area contributed by atoms with E-state index in [2.05, 4.69) is 45.9 Å². The highest BCUT2D eigenvalue weighted by Gasteiger charge is 2.26. The molecule has 0 bridgehead atoms. The van der Waals surface area contributed by atoms with Crippen LogP contribution in [0.15, 0.2) is 48.5 Å². The number of aliphatic hydroxyl groups excluding tert-OH is 1. The molecular formula is C22H26N2O3. The predicted molar refractivity (Wildman–Crippen MR) is 107 cm³/mol. The molecule has 1 fully saturated rings. The first-order chi connectivity index (χ1) is 13.2. The summed E-state index contributed by atoms with van der Waals surface area (Å²) in [6.07, 6.45) is 1.14. The Kier molecular flexibility index (Phi) is 5.14. The topological polar surface area (TPSA) is 54.7 Å². The van der Waals surface area contributed by atoms with Crippen LogP contribution in [0.3, 0.4) is 0 Å².